The van der Waals surface area contributed by atoms with Crippen LogP contribution in [0.5, 0.6) is 0 Å². The van der Waals surface area contributed by atoms with Gasteiger partial charge in [0.25, 0.3) is 0 Å². The summed E-state index contributed by atoms with van der Waals surface area (Å²) in [6.45, 7) is 9.98. The molecule has 1 aromatic heterocycles. The molecule has 0 aliphatic carbocycles. The first kappa shape index (κ1) is 14.3. The van der Waals surface area contributed by atoms with Crippen LogP contribution in [0.1, 0.15) is 50.4 Å². The van der Waals surface area contributed by atoms with Crippen LogP contribution in [0.15, 0.2) is 41.1 Å². The molecule has 0 fully saturated rings. The second-order valence-corrected chi connectivity index (χ2v) is 6.66. The van der Waals surface area contributed by atoms with E-state index in [1.807, 2.05) is 0 Å². The molecule has 102 valence electrons. The molecule has 0 amide bonds. The van der Waals surface area contributed by atoms with Crippen molar-refractivity contribution in [1.82, 2.24) is 5.32 Å². The normalized spacial score (nSPS) is 13.5. The Kier molecular flexibility index (Phi) is 4.43. The van der Waals surface area contributed by atoms with Crippen LogP contribution < -0.4 is 5.32 Å². The highest BCUT2D eigenvalue weighted by atomic mass is 32.1. The van der Waals surface area contributed by atoms with E-state index in [0.29, 0.717) is 6.04 Å². The Morgan fingerprint density at radius 1 is 1.16 bits per heavy atom. The van der Waals surface area contributed by atoms with E-state index < -0.39 is 0 Å². The summed E-state index contributed by atoms with van der Waals surface area (Å²) in [5, 5.41) is 8.02. The van der Waals surface area contributed by atoms with Crippen LogP contribution in [0.3, 0.4) is 0 Å². The standard InChI is InChI=1S/C17H23NS/c1-5-18-16(13-10-11-19-12-13)14-8-6-7-9-15(14)17(2,3)4/h6-12,16,18H,5H2,1-4H3. The van der Waals surface area contributed by atoms with E-state index in [-0.39, 0.29) is 5.41 Å². The Balaban J connectivity index is 2.48. The van der Waals surface area contributed by atoms with E-state index in [1.165, 1.54) is 16.7 Å². The number of benzene rings is 1. The van der Waals surface area contributed by atoms with Gasteiger partial charge in [0.2, 0.25) is 0 Å². The lowest BCUT2D eigenvalue weighted by Crippen LogP contribution is -2.25. The van der Waals surface area contributed by atoms with Crippen LogP contribution in [-0.4, -0.2) is 6.54 Å². The Hall–Kier alpha value is -1.12. The van der Waals surface area contributed by atoms with Gasteiger partial charge in [-0.1, -0.05) is 52.0 Å². The summed E-state index contributed by atoms with van der Waals surface area (Å²) in [5.41, 5.74) is 4.35. The van der Waals surface area contributed by atoms with Crippen LogP contribution >= 0.6 is 11.3 Å². The summed E-state index contributed by atoms with van der Waals surface area (Å²) in [4.78, 5) is 0. The second kappa shape index (κ2) is 5.89. The summed E-state index contributed by atoms with van der Waals surface area (Å²) in [7, 11) is 0. The second-order valence-electron chi connectivity index (χ2n) is 5.88. The number of hydrogen-bond donors (Lipinski definition) is 1. The molecule has 0 saturated carbocycles. The van der Waals surface area contributed by atoms with E-state index in [9.17, 15) is 0 Å². The SMILES string of the molecule is CCNC(c1ccsc1)c1ccccc1C(C)(C)C. The van der Waals surface area contributed by atoms with Gasteiger partial charge in [-0.05, 0) is 45.5 Å². The topological polar surface area (TPSA) is 12.0 Å². The minimum Gasteiger partial charge on any atom is -0.306 e. The van der Waals surface area contributed by atoms with E-state index in [4.69, 9.17) is 0 Å². The first-order chi connectivity index (χ1) is 9.04. The van der Waals surface area contributed by atoms with Gasteiger partial charge < -0.3 is 5.32 Å². The van der Waals surface area contributed by atoms with Gasteiger partial charge in [-0.3, -0.25) is 0 Å². The minimum atomic E-state index is 0.167. The number of nitrogens with one attached hydrogen (secondary N) is 1. The molecule has 0 spiro atoms. The number of thiophene rings is 1. The zero-order valence-corrected chi connectivity index (χ0v) is 13.1. The fraction of sp³-hybridized carbons (Fsp3) is 0.412. The highest BCUT2D eigenvalue weighted by molar-refractivity contribution is 7.08. The van der Waals surface area contributed by atoms with Gasteiger partial charge in [0, 0.05) is 0 Å². The third kappa shape index (κ3) is 3.26. The maximum atomic E-state index is 3.62. The molecule has 0 bridgehead atoms. The van der Waals surface area contributed by atoms with Gasteiger partial charge >= 0.3 is 0 Å². The predicted molar refractivity (Wildman–Crippen MR) is 85.0 cm³/mol. The Labute approximate surface area is 120 Å². The highest BCUT2D eigenvalue weighted by Gasteiger charge is 2.23. The van der Waals surface area contributed by atoms with Gasteiger partial charge in [0.1, 0.15) is 0 Å². The van der Waals surface area contributed by atoms with Crippen molar-refractivity contribution in [1.29, 1.82) is 0 Å². The summed E-state index contributed by atoms with van der Waals surface area (Å²) >= 11 is 1.76. The first-order valence-electron chi connectivity index (χ1n) is 6.89. The molecule has 1 heterocycles. The van der Waals surface area contributed by atoms with Crippen LogP contribution in [0.25, 0.3) is 0 Å². The lowest BCUT2D eigenvalue weighted by Gasteiger charge is -2.27. The van der Waals surface area contributed by atoms with Crippen molar-refractivity contribution in [2.24, 2.45) is 0 Å². The summed E-state index contributed by atoms with van der Waals surface area (Å²) in [5.74, 6) is 0. The Morgan fingerprint density at radius 2 is 1.89 bits per heavy atom. The maximum Gasteiger partial charge on any atom is 0.0587 e. The predicted octanol–water partition coefficient (Wildman–Crippen LogP) is 4.74. The van der Waals surface area contributed by atoms with Gasteiger partial charge in [-0.25, -0.2) is 0 Å². The van der Waals surface area contributed by atoms with E-state index >= 15 is 0 Å². The highest BCUT2D eigenvalue weighted by Crippen LogP contribution is 2.33. The van der Waals surface area contributed by atoms with Gasteiger partial charge in [-0.15, -0.1) is 0 Å². The van der Waals surface area contributed by atoms with E-state index in [2.05, 4.69) is 74.1 Å². The average molecular weight is 273 g/mol. The summed E-state index contributed by atoms with van der Waals surface area (Å²) < 4.78 is 0. The number of rotatable bonds is 4. The Morgan fingerprint density at radius 3 is 2.47 bits per heavy atom. The third-order valence-electron chi connectivity index (χ3n) is 3.36. The Bertz CT molecular complexity index is 508. The van der Waals surface area contributed by atoms with Gasteiger partial charge in [0.05, 0.1) is 6.04 Å². The van der Waals surface area contributed by atoms with Gasteiger partial charge in [0.15, 0.2) is 0 Å². The van der Waals surface area contributed by atoms with Crippen LogP contribution in [0, 0.1) is 0 Å². The van der Waals surface area contributed by atoms with Crippen molar-refractivity contribution in [3.8, 4) is 0 Å². The molecular formula is C17H23NS. The zero-order chi connectivity index (χ0) is 13.9. The molecule has 1 unspecified atom stereocenters. The fourth-order valence-electron chi connectivity index (χ4n) is 2.48. The molecule has 1 atom stereocenters. The summed E-state index contributed by atoms with van der Waals surface area (Å²) in [6, 6.07) is 11.3. The first-order valence-corrected chi connectivity index (χ1v) is 7.83. The van der Waals surface area contributed by atoms with E-state index in [1.54, 1.807) is 11.3 Å². The van der Waals surface area contributed by atoms with Crippen molar-refractivity contribution in [2.45, 2.75) is 39.2 Å². The molecule has 0 radical (unpaired) electrons. The molecule has 2 rings (SSSR count). The smallest absolute Gasteiger partial charge is 0.0587 e. The van der Waals surface area contributed by atoms with Gasteiger partial charge in [-0.2, -0.15) is 11.3 Å². The molecule has 2 heteroatoms. The lowest BCUT2D eigenvalue weighted by molar-refractivity contribution is 0.557. The van der Waals surface area contributed by atoms with Crippen molar-refractivity contribution < 1.29 is 0 Å². The lowest BCUT2D eigenvalue weighted by atomic mass is 9.81. The molecular weight excluding hydrogens is 250 g/mol. The van der Waals surface area contributed by atoms with Crippen molar-refractivity contribution in [3.63, 3.8) is 0 Å². The largest absolute Gasteiger partial charge is 0.306 e. The molecule has 0 saturated heterocycles. The zero-order valence-electron chi connectivity index (χ0n) is 12.2. The van der Waals surface area contributed by atoms with Crippen LogP contribution in [0.2, 0.25) is 0 Å². The molecule has 19 heavy (non-hydrogen) atoms. The third-order valence-corrected chi connectivity index (χ3v) is 4.07. The maximum absolute atomic E-state index is 3.62. The molecule has 2 aromatic rings. The fourth-order valence-corrected chi connectivity index (χ4v) is 3.17. The average Bonchev–Trinajstić information content (AvgIpc) is 2.88. The van der Waals surface area contributed by atoms with Crippen LogP contribution in [0.4, 0.5) is 0 Å². The number of hydrogen-bond acceptors (Lipinski definition) is 2. The minimum absolute atomic E-state index is 0.167. The van der Waals surface area contributed by atoms with Crippen LogP contribution in [-0.2, 0) is 5.41 Å². The van der Waals surface area contributed by atoms with Crippen molar-refractivity contribution >= 4 is 11.3 Å². The molecule has 0 aliphatic rings. The molecule has 1 N–H and O–H groups in total. The van der Waals surface area contributed by atoms with Crippen molar-refractivity contribution in [2.75, 3.05) is 6.54 Å². The monoisotopic (exact) mass is 273 g/mol. The molecule has 0 aliphatic heterocycles. The molecule has 1 aromatic carbocycles. The quantitative estimate of drug-likeness (QED) is 0.848. The van der Waals surface area contributed by atoms with Crippen molar-refractivity contribution in [3.05, 3.63) is 57.8 Å². The van der Waals surface area contributed by atoms with E-state index in [0.717, 1.165) is 6.54 Å². The summed E-state index contributed by atoms with van der Waals surface area (Å²) in [6.07, 6.45) is 0. The molecule has 1 nitrogen and oxygen atoms in total.